The molecule has 2 rings (SSSR count). The lowest BCUT2D eigenvalue weighted by Crippen LogP contribution is -2.30. The molecule has 0 fully saturated rings. The van der Waals surface area contributed by atoms with Crippen molar-refractivity contribution >= 4 is 21.6 Å². The van der Waals surface area contributed by atoms with Crippen molar-refractivity contribution in [3.05, 3.63) is 69.3 Å². The molecule has 0 bridgehead atoms. The smallest absolute Gasteiger partial charge is 0.269 e. The van der Waals surface area contributed by atoms with Gasteiger partial charge < -0.3 is 5.32 Å². The lowest BCUT2D eigenvalue weighted by Gasteiger charge is -2.10. The van der Waals surface area contributed by atoms with E-state index in [0.717, 1.165) is 5.56 Å². The summed E-state index contributed by atoms with van der Waals surface area (Å²) in [5.74, 6) is -0.323. The zero-order chi connectivity index (χ0) is 20.0. The van der Waals surface area contributed by atoms with Crippen molar-refractivity contribution < 1.29 is 18.1 Å². The first-order valence-corrected chi connectivity index (χ1v) is 9.74. The Labute approximate surface area is 157 Å². The van der Waals surface area contributed by atoms with Crippen molar-refractivity contribution in [3.63, 3.8) is 0 Å². The number of carbonyl (C=O) groups is 1. The maximum absolute atomic E-state index is 12.3. The van der Waals surface area contributed by atoms with E-state index in [4.69, 9.17) is 0 Å². The molecule has 1 amide bonds. The minimum absolute atomic E-state index is 0.0167. The fraction of sp³-hybridized carbons (Fsp3) is 0.278. The highest BCUT2D eigenvalue weighted by atomic mass is 32.2. The summed E-state index contributed by atoms with van der Waals surface area (Å²) in [6.07, 6.45) is -0.0167. The third-order valence-corrected chi connectivity index (χ3v) is 5.52. The lowest BCUT2D eigenvalue weighted by molar-refractivity contribution is -0.384. The van der Waals surface area contributed by atoms with Crippen LogP contribution in [0.1, 0.15) is 23.1 Å². The van der Waals surface area contributed by atoms with Crippen LogP contribution in [-0.2, 0) is 21.4 Å². The van der Waals surface area contributed by atoms with Crippen molar-refractivity contribution in [2.75, 3.05) is 6.54 Å². The summed E-state index contributed by atoms with van der Waals surface area (Å²) in [5.41, 5.74) is 2.30. The van der Waals surface area contributed by atoms with E-state index in [0.29, 0.717) is 11.1 Å². The molecular weight excluding hydrogens is 370 g/mol. The van der Waals surface area contributed by atoms with E-state index in [9.17, 15) is 23.3 Å². The van der Waals surface area contributed by atoms with Gasteiger partial charge in [-0.15, -0.1) is 0 Å². The third kappa shape index (κ3) is 5.87. The summed E-state index contributed by atoms with van der Waals surface area (Å²) in [7, 11) is -3.68. The number of amides is 1. The van der Waals surface area contributed by atoms with Crippen molar-refractivity contribution in [2.24, 2.45) is 0 Å². The molecule has 2 aromatic carbocycles. The van der Waals surface area contributed by atoms with Gasteiger partial charge in [-0.05, 0) is 31.0 Å². The Morgan fingerprint density at radius 2 is 1.78 bits per heavy atom. The number of nitrogens with one attached hydrogen (secondary N) is 2. The first kappa shape index (κ1) is 20.5. The summed E-state index contributed by atoms with van der Waals surface area (Å²) >= 11 is 0. The minimum atomic E-state index is -3.68. The zero-order valence-corrected chi connectivity index (χ0v) is 15.9. The van der Waals surface area contributed by atoms with Crippen LogP contribution in [0.15, 0.2) is 47.4 Å². The molecule has 0 aliphatic rings. The van der Waals surface area contributed by atoms with Crippen LogP contribution in [0.5, 0.6) is 0 Å². The topological polar surface area (TPSA) is 118 Å². The van der Waals surface area contributed by atoms with Gasteiger partial charge in [0.05, 0.1) is 9.82 Å². The fourth-order valence-electron chi connectivity index (χ4n) is 2.50. The Kier molecular flexibility index (Phi) is 6.65. The molecule has 27 heavy (non-hydrogen) atoms. The monoisotopic (exact) mass is 391 g/mol. The van der Waals surface area contributed by atoms with Gasteiger partial charge in [0.1, 0.15) is 0 Å². The van der Waals surface area contributed by atoms with Gasteiger partial charge in [0.2, 0.25) is 15.9 Å². The van der Waals surface area contributed by atoms with Crippen LogP contribution in [0.25, 0.3) is 0 Å². The molecule has 144 valence electrons. The zero-order valence-electron chi connectivity index (χ0n) is 15.1. The molecule has 0 saturated carbocycles. The molecular formula is C18H21N3O5S. The van der Waals surface area contributed by atoms with E-state index < -0.39 is 14.9 Å². The van der Waals surface area contributed by atoms with Crippen molar-refractivity contribution in [1.29, 1.82) is 0 Å². The third-order valence-electron chi connectivity index (χ3n) is 3.90. The molecule has 8 nitrogen and oxygen atoms in total. The van der Waals surface area contributed by atoms with Crippen LogP contribution >= 0.6 is 0 Å². The minimum Gasteiger partial charge on any atom is -0.352 e. The number of non-ortho nitro benzene ring substituents is 1. The van der Waals surface area contributed by atoms with Gasteiger partial charge in [-0.25, -0.2) is 13.1 Å². The fourth-order valence-corrected chi connectivity index (χ4v) is 3.76. The highest BCUT2D eigenvalue weighted by Gasteiger charge is 2.16. The Bertz CT molecular complexity index is 940. The van der Waals surface area contributed by atoms with Crippen molar-refractivity contribution in [3.8, 4) is 0 Å². The maximum atomic E-state index is 12.3. The van der Waals surface area contributed by atoms with Crippen LogP contribution < -0.4 is 10.0 Å². The largest absolute Gasteiger partial charge is 0.352 e. The van der Waals surface area contributed by atoms with Crippen LogP contribution in [0.3, 0.4) is 0 Å². The van der Waals surface area contributed by atoms with Gasteiger partial charge in [-0.3, -0.25) is 14.9 Å². The second kappa shape index (κ2) is 8.74. The van der Waals surface area contributed by atoms with E-state index in [1.54, 1.807) is 37.3 Å². The van der Waals surface area contributed by atoms with Crippen LogP contribution in [0.2, 0.25) is 0 Å². The Morgan fingerprint density at radius 3 is 2.37 bits per heavy atom. The molecule has 2 aromatic rings. The SMILES string of the molecule is Cc1ccc(S(=O)(=O)NCCC(=O)NCc2ccc([N+](=O)[O-])cc2)c(C)c1. The molecule has 9 heteroatoms. The number of benzene rings is 2. The van der Waals surface area contributed by atoms with Crippen LogP contribution in [0, 0.1) is 24.0 Å². The summed E-state index contributed by atoms with van der Waals surface area (Å²) in [4.78, 5) is 22.2. The summed E-state index contributed by atoms with van der Waals surface area (Å²) in [6, 6.07) is 10.9. The first-order chi connectivity index (χ1) is 12.7. The van der Waals surface area contributed by atoms with Crippen LogP contribution in [0.4, 0.5) is 5.69 Å². The number of carbonyl (C=O) groups excluding carboxylic acids is 1. The Morgan fingerprint density at radius 1 is 1.11 bits per heavy atom. The highest BCUT2D eigenvalue weighted by Crippen LogP contribution is 2.16. The number of nitro groups is 1. The van der Waals surface area contributed by atoms with Gasteiger partial charge in [0.15, 0.2) is 0 Å². The van der Waals surface area contributed by atoms with E-state index >= 15 is 0 Å². The molecule has 0 saturated heterocycles. The van der Waals surface area contributed by atoms with Gasteiger partial charge in [0.25, 0.3) is 5.69 Å². The normalized spacial score (nSPS) is 11.2. The second-order valence-corrected chi connectivity index (χ2v) is 7.85. The molecule has 0 unspecified atom stereocenters. The molecule has 0 aliphatic carbocycles. The second-order valence-electron chi connectivity index (χ2n) is 6.12. The first-order valence-electron chi connectivity index (χ1n) is 8.26. The highest BCUT2D eigenvalue weighted by molar-refractivity contribution is 7.89. The number of sulfonamides is 1. The molecule has 0 aliphatic heterocycles. The van der Waals surface area contributed by atoms with E-state index in [1.807, 2.05) is 6.92 Å². The lowest BCUT2D eigenvalue weighted by atomic mass is 10.2. The van der Waals surface area contributed by atoms with Gasteiger partial charge in [-0.2, -0.15) is 0 Å². The van der Waals surface area contributed by atoms with Crippen LogP contribution in [-0.4, -0.2) is 25.8 Å². The average molecular weight is 391 g/mol. The number of rotatable bonds is 8. The number of nitro benzene ring substituents is 1. The molecule has 0 atom stereocenters. The van der Waals surface area contributed by atoms with Gasteiger partial charge in [-0.1, -0.05) is 29.8 Å². The standard InChI is InChI=1S/C18H21N3O5S/c1-13-3-8-17(14(2)11-13)27(25,26)20-10-9-18(22)19-12-15-4-6-16(7-5-15)21(23)24/h3-8,11,20H,9-10,12H2,1-2H3,(H,19,22). The molecule has 0 heterocycles. The van der Waals surface area contributed by atoms with Gasteiger partial charge >= 0.3 is 0 Å². The summed E-state index contributed by atoms with van der Waals surface area (Å²) in [6.45, 7) is 3.78. The predicted molar refractivity (Wildman–Crippen MR) is 101 cm³/mol. The van der Waals surface area contributed by atoms with E-state index in [2.05, 4.69) is 10.0 Å². The number of hydrogen-bond acceptors (Lipinski definition) is 5. The number of aryl methyl sites for hydroxylation is 2. The molecule has 0 radical (unpaired) electrons. The summed E-state index contributed by atoms with van der Waals surface area (Å²) < 4.78 is 27.0. The predicted octanol–water partition coefficient (Wildman–Crippen LogP) is 2.20. The summed E-state index contributed by atoms with van der Waals surface area (Å²) in [5, 5.41) is 13.2. The van der Waals surface area contributed by atoms with Crippen molar-refractivity contribution in [2.45, 2.75) is 31.7 Å². The quantitative estimate of drug-likeness (QED) is 0.528. The number of nitrogens with zero attached hydrogens (tertiary/aromatic N) is 1. The van der Waals surface area contributed by atoms with Gasteiger partial charge in [0, 0.05) is 31.6 Å². The molecule has 0 aromatic heterocycles. The molecule has 0 spiro atoms. The maximum Gasteiger partial charge on any atom is 0.269 e. The Hall–Kier alpha value is -2.78. The molecule has 2 N–H and O–H groups in total. The van der Waals surface area contributed by atoms with E-state index in [-0.39, 0.29) is 36.0 Å². The number of hydrogen-bond donors (Lipinski definition) is 2. The Balaban J connectivity index is 1.82. The van der Waals surface area contributed by atoms with Crippen molar-refractivity contribution in [1.82, 2.24) is 10.0 Å². The van der Waals surface area contributed by atoms with E-state index in [1.165, 1.54) is 12.1 Å². The average Bonchev–Trinajstić information content (AvgIpc) is 2.59.